The van der Waals surface area contributed by atoms with Crippen LogP contribution in [0.25, 0.3) is 11.3 Å². The summed E-state index contributed by atoms with van der Waals surface area (Å²) < 4.78 is 13.8. The highest BCUT2D eigenvalue weighted by molar-refractivity contribution is 6.42. The summed E-state index contributed by atoms with van der Waals surface area (Å²) in [6.07, 6.45) is 0. The molecule has 0 radical (unpaired) electrons. The molecule has 1 fully saturated rings. The van der Waals surface area contributed by atoms with E-state index < -0.39 is 0 Å². The molecule has 4 rings (SSSR count). The summed E-state index contributed by atoms with van der Waals surface area (Å²) in [4.78, 5) is 16.7. The summed E-state index contributed by atoms with van der Waals surface area (Å²) in [5, 5.41) is 7.94. The maximum Gasteiger partial charge on any atom is 0.271 e. The highest BCUT2D eigenvalue weighted by Gasteiger charge is 2.24. The Morgan fingerprint density at radius 1 is 1.03 bits per heavy atom. The third-order valence-corrected chi connectivity index (χ3v) is 5.77. The molecule has 2 heterocycles. The van der Waals surface area contributed by atoms with Gasteiger partial charge in [-0.25, -0.2) is 4.39 Å². The number of nitrogens with zero attached hydrogens (tertiary/aromatic N) is 3. The van der Waals surface area contributed by atoms with Crippen LogP contribution in [0.3, 0.4) is 0 Å². The Hall–Kier alpha value is -2.41. The van der Waals surface area contributed by atoms with Crippen molar-refractivity contribution >= 4 is 29.1 Å². The Morgan fingerprint density at radius 3 is 2.52 bits per heavy atom. The second-order valence-corrected chi connectivity index (χ2v) is 7.77. The monoisotopic (exact) mass is 432 g/mol. The van der Waals surface area contributed by atoms with Gasteiger partial charge < -0.3 is 4.90 Å². The molecule has 5 nitrogen and oxygen atoms in total. The number of amides is 1. The lowest BCUT2D eigenvalue weighted by Crippen LogP contribution is -2.48. The molecule has 0 aliphatic carbocycles. The summed E-state index contributed by atoms with van der Waals surface area (Å²) in [6, 6.07) is 13.7. The zero-order valence-corrected chi connectivity index (χ0v) is 17.0. The van der Waals surface area contributed by atoms with E-state index in [2.05, 4.69) is 15.1 Å². The molecule has 0 bridgehead atoms. The zero-order valence-electron chi connectivity index (χ0n) is 15.5. The number of carbonyl (C=O) groups is 1. The van der Waals surface area contributed by atoms with Crippen LogP contribution in [0.5, 0.6) is 0 Å². The molecule has 150 valence electrons. The maximum absolute atomic E-state index is 13.8. The first-order valence-electron chi connectivity index (χ1n) is 9.27. The second-order valence-electron chi connectivity index (χ2n) is 6.96. The summed E-state index contributed by atoms with van der Waals surface area (Å²) >= 11 is 12.0. The van der Waals surface area contributed by atoms with Gasteiger partial charge in [-0.05, 0) is 24.3 Å². The molecule has 1 saturated heterocycles. The fourth-order valence-electron chi connectivity index (χ4n) is 3.38. The second kappa shape index (κ2) is 8.53. The Labute approximate surface area is 178 Å². The molecule has 8 heteroatoms. The van der Waals surface area contributed by atoms with Crippen LogP contribution < -0.4 is 0 Å². The first kappa shape index (κ1) is 19.9. The number of H-pyrrole nitrogens is 1. The van der Waals surface area contributed by atoms with Gasteiger partial charge in [0, 0.05) is 43.9 Å². The largest absolute Gasteiger partial charge is 0.335 e. The van der Waals surface area contributed by atoms with E-state index in [4.69, 9.17) is 23.2 Å². The van der Waals surface area contributed by atoms with Crippen LogP contribution in [-0.4, -0.2) is 52.1 Å². The third kappa shape index (κ3) is 4.45. The molecule has 2 aromatic carbocycles. The highest BCUT2D eigenvalue weighted by Crippen LogP contribution is 2.28. The van der Waals surface area contributed by atoms with Gasteiger partial charge in [0.25, 0.3) is 5.91 Å². The Bertz CT molecular complexity index is 1030. The van der Waals surface area contributed by atoms with Crippen LogP contribution in [-0.2, 0) is 6.54 Å². The van der Waals surface area contributed by atoms with Crippen molar-refractivity contribution in [1.82, 2.24) is 20.0 Å². The highest BCUT2D eigenvalue weighted by atomic mass is 35.5. The molecule has 1 aliphatic rings. The normalized spacial score (nSPS) is 14.9. The van der Waals surface area contributed by atoms with Gasteiger partial charge in [0.2, 0.25) is 0 Å². The van der Waals surface area contributed by atoms with E-state index in [-0.39, 0.29) is 11.7 Å². The van der Waals surface area contributed by atoms with Gasteiger partial charge in [0.05, 0.1) is 15.7 Å². The van der Waals surface area contributed by atoms with Gasteiger partial charge in [0.15, 0.2) is 0 Å². The third-order valence-electron chi connectivity index (χ3n) is 5.03. The van der Waals surface area contributed by atoms with E-state index in [1.54, 1.807) is 41.3 Å². The molecule has 1 aliphatic heterocycles. The summed E-state index contributed by atoms with van der Waals surface area (Å²) in [5.74, 6) is -0.298. The zero-order chi connectivity index (χ0) is 20.4. The van der Waals surface area contributed by atoms with E-state index in [0.29, 0.717) is 59.7 Å². The standard InChI is InChI=1S/C21H19Cl2FN4O/c22-16-6-5-14(11-17(16)23)19-12-20(26-25-19)21(29)28-9-7-27(8-10-28)13-15-3-1-2-4-18(15)24/h1-6,11-12H,7-10,13H2,(H,25,26). The minimum atomic E-state index is -0.196. The molecular formula is C21H19Cl2FN4O. The molecule has 0 spiro atoms. The molecule has 0 atom stereocenters. The summed E-state index contributed by atoms with van der Waals surface area (Å²) in [7, 11) is 0. The van der Waals surface area contributed by atoms with E-state index in [9.17, 15) is 9.18 Å². The lowest BCUT2D eigenvalue weighted by Gasteiger charge is -2.34. The van der Waals surface area contributed by atoms with Crippen molar-refractivity contribution in [3.05, 3.63) is 75.7 Å². The van der Waals surface area contributed by atoms with Crippen molar-refractivity contribution in [2.45, 2.75) is 6.54 Å². The average molecular weight is 433 g/mol. The van der Waals surface area contributed by atoms with Crippen molar-refractivity contribution in [2.75, 3.05) is 26.2 Å². The first-order valence-corrected chi connectivity index (χ1v) is 10.0. The molecular weight excluding hydrogens is 414 g/mol. The number of rotatable bonds is 4. The molecule has 3 aromatic rings. The van der Waals surface area contributed by atoms with Gasteiger partial charge in [-0.3, -0.25) is 14.8 Å². The maximum atomic E-state index is 13.8. The Kier molecular flexibility index (Phi) is 5.85. The quantitative estimate of drug-likeness (QED) is 0.660. The number of piperazine rings is 1. The van der Waals surface area contributed by atoms with Gasteiger partial charge in [0.1, 0.15) is 11.5 Å². The fourth-order valence-corrected chi connectivity index (χ4v) is 3.68. The van der Waals surface area contributed by atoms with Crippen LogP contribution in [0.4, 0.5) is 4.39 Å². The predicted octanol–water partition coefficient (Wildman–Crippen LogP) is 4.48. The van der Waals surface area contributed by atoms with Crippen LogP contribution in [0.1, 0.15) is 16.1 Å². The van der Waals surface area contributed by atoms with Crippen LogP contribution >= 0.6 is 23.2 Å². The molecule has 29 heavy (non-hydrogen) atoms. The number of carbonyl (C=O) groups excluding carboxylic acids is 1. The van der Waals surface area contributed by atoms with Gasteiger partial charge in [-0.2, -0.15) is 5.10 Å². The summed E-state index contributed by atoms with van der Waals surface area (Å²) in [5.41, 5.74) is 2.51. The summed E-state index contributed by atoms with van der Waals surface area (Å²) in [6.45, 7) is 3.07. The number of hydrogen-bond acceptors (Lipinski definition) is 3. The average Bonchev–Trinajstić information content (AvgIpc) is 3.22. The fraction of sp³-hybridized carbons (Fsp3) is 0.238. The number of hydrogen-bond donors (Lipinski definition) is 1. The van der Waals surface area contributed by atoms with Gasteiger partial charge in [-0.15, -0.1) is 0 Å². The van der Waals surface area contributed by atoms with E-state index in [1.807, 2.05) is 6.07 Å². The SMILES string of the molecule is O=C(c1cc(-c2ccc(Cl)c(Cl)c2)n[nH]1)N1CCN(Cc2ccccc2F)CC1. The smallest absolute Gasteiger partial charge is 0.271 e. The van der Waals surface area contributed by atoms with E-state index in [0.717, 1.165) is 5.56 Å². The number of nitrogens with one attached hydrogen (secondary N) is 1. The van der Waals surface area contributed by atoms with Crippen molar-refractivity contribution < 1.29 is 9.18 Å². The van der Waals surface area contributed by atoms with Crippen molar-refractivity contribution in [3.8, 4) is 11.3 Å². The molecule has 1 aromatic heterocycles. The molecule has 0 saturated carbocycles. The predicted molar refractivity (Wildman–Crippen MR) is 112 cm³/mol. The molecule has 0 unspecified atom stereocenters. The minimum Gasteiger partial charge on any atom is -0.335 e. The lowest BCUT2D eigenvalue weighted by molar-refractivity contribution is 0.0621. The number of benzene rings is 2. The topological polar surface area (TPSA) is 52.2 Å². The van der Waals surface area contributed by atoms with Gasteiger partial charge >= 0.3 is 0 Å². The van der Waals surface area contributed by atoms with Crippen molar-refractivity contribution in [3.63, 3.8) is 0 Å². The van der Waals surface area contributed by atoms with Gasteiger partial charge in [-0.1, -0.05) is 47.5 Å². The Morgan fingerprint density at radius 2 is 1.79 bits per heavy atom. The molecule has 1 amide bonds. The first-order chi connectivity index (χ1) is 14.0. The lowest BCUT2D eigenvalue weighted by atomic mass is 10.1. The van der Waals surface area contributed by atoms with E-state index in [1.165, 1.54) is 6.07 Å². The minimum absolute atomic E-state index is 0.102. The number of aromatic nitrogens is 2. The number of aromatic amines is 1. The number of halogens is 3. The van der Waals surface area contributed by atoms with Crippen LogP contribution in [0.2, 0.25) is 10.0 Å². The Balaban J connectivity index is 1.38. The molecule has 1 N–H and O–H groups in total. The van der Waals surface area contributed by atoms with Crippen LogP contribution in [0.15, 0.2) is 48.5 Å². The van der Waals surface area contributed by atoms with E-state index >= 15 is 0 Å². The van der Waals surface area contributed by atoms with Crippen molar-refractivity contribution in [1.29, 1.82) is 0 Å². The van der Waals surface area contributed by atoms with Crippen molar-refractivity contribution in [2.24, 2.45) is 0 Å². The van der Waals surface area contributed by atoms with Crippen LogP contribution in [0, 0.1) is 5.82 Å².